The summed E-state index contributed by atoms with van der Waals surface area (Å²) in [6.07, 6.45) is 3.19. The molecule has 118 valence electrons. The zero-order chi connectivity index (χ0) is 15.1. The number of benzene rings is 1. The number of nitrogens with zero attached hydrogens (tertiary/aromatic N) is 1. The molecule has 0 atom stereocenters. The van der Waals surface area contributed by atoms with Gasteiger partial charge in [-0.2, -0.15) is 0 Å². The highest BCUT2D eigenvalue weighted by molar-refractivity contribution is 5.43. The zero-order valence-corrected chi connectivity index (χ0v) is 13.3. The van der Waals surface area contributed by atoms with Gasteiger partial charge in [0.15, 0.2) is 11.5 Å². The van der Waals surface area contributed by atoms with Crippen molar-refractivity contribution in [2.45, 2.75) is 45.7 Å². The number of hydrogen-bond acceptors (Lipinski definition) is 4. The summed E-state index contributed by atoms with van der Waals surface area (Å²) in [4.78, 5) is 2.46. The molecule has 1 aliphatic rings. The first-order valence-corrected chi connectivity index (χ1v) is 8.09. The maximum atomic E-state index is 5.96. The van der Waals surface area contributed by atoms with Gasteiger partial charge in [0.05, 0.1) is 13.2 Å². The second-order valence-corrected chi connectivity index (χ2v) is 5.68. The predicted molar refractivity (Wildman–Crippen MR) is 85.9 cm³/mol. The van der Waals surface area contributed by atoms with Crippen molar-refractivity contribution in [1.82, 2.24) is 4.90 Å². The lowest BCUT2D eigenvalue weighted by Crippen LogP contribution is -2.39. The third-order valence-electron chi connectivity index (χ3n) is 3.81. The first-order chi connectivity index (χ1) is 10.2. The highest BCUT2D eigenvalue weighted by atomic mass is 16.5. The van der Waals surface area contributed by atoms with Crippen molar-refractivity contribution in [3.05, 3.63) is 23.8 Å². The number of nitrogens with two attached hydrogens (primary N) is 1. The number of ether oxygens (including phenoxy) is 2. The van der Waals surface area contributed by atoms with Crippen LogP contribution in [0.25, 0.3) is 0 Å². The van der Waals surface area contributed by atoms with Crippen molar-refractivity contribution in [2.24, 2.45) is 5.73 Å². The fourth-order valence-corrected chi connectivity index (χ4v) is 2.62. The van der Waals surface area contributed by atoms with Crippen LogP contribution in [-0.4, -0.2) is 37.2 Å². The molecular weight excluding hydrogens is 264 g/mol. The molecule has 0 radical (unpaired) electrons. The Morgan fingerprint density at radius 2 is 1.90 bits per heavy atom. The molecule has 1 aromatic rings. The second-order valence-electron chi connectivity index (χ2n) is 5.68. The van der Waals surface area contributed by atoms with Gasteiger partial charge in [-0.1, -0.05) is 13.0 Å². The van der Waals surface area contributed by atoms with Gasteiger partial charge in [-0.25, -0.2) is 0 Å². The van der Waals surface area contributed by atoms with E-state index in [1.165, 1.54) is 5.56 Å². The average Bonchev–Trinajstić information content (AvgIpc) is 2.49. The van der Waals surface area contributed by atoms with Crippen molar-refractivity contribution in [3.8, 4) is 11.5 Å². The van der Waals surface area contributed by atoms with Gasteiger partial charge in [0.1, 0.15) is 0 Å². The summed E-state index contributed by atoms with van der Waals surface area (Å²) >= 11 is 0. The normalized spacial score (nSPS) is 16.9. The minimum Gasteiger partial charge on any atom is -0.490 e. The molecule has 0 aromatic heterocycles. The van der Waals surface area contributed by atoms with Gasteiger partial charge in [0.25, 0.3) is 0 Å². The first kappa shape index (κ1) is 16.1. The summed E-state index contributed by atoms with van der Waals surface area (Å²) in [6, 6.07) is 6.67. The van der Waals surface area contributed by atoms with Crippen LogP contribution in [0.5, 0.6) is 11.5 Å². The van der Waals surface area contributed by atoms with Gasteiger partial charge in [0.2, 0.25) is 0 Å². The lowest BCUT2D eigenvalue weighted by molar-refractivity contribution is 0.205. The fourth-order valence-electron chi connectivity index (χ4n) is 2.62. The Hall–Kier alpha value is -1.26. The minimum absolute atomic E-state index is 0.380. The Morgan fingerprint density at radius 3 is 2.57 bits per heavy atom. The van der Waals surface area contributed by atoms with E-state index in [4.69, 9.17) is 15.2 Å². The lowest BCUT2D eigenvalue weighted by Gasteiger charge is -2.30. The lowest BCUT2D eigenvalue weighted by atomic mass is 10.1. The molecular formula is C17H28N2O2. The maximum absolute atomic E-state index is 5.96. The topological polar surface area (TPSA) is 47.7 Å². The van der Waals surface area contributed by atoms with Crippen LogP contribution in [0.1, 0.15) is 38.7 Å². The molecule has 1 saturated heterocycles. The van der Waals surface area contributed by atoms with Crippen LogP contribution in [0.15, 0.2) is 18.2 Å². The van der Waals surface area contributed by atoms with Crippen LogP contribution in [0.2, 0.25) is 0 Å². The molecule has 4 nitrogen and oxygen atoms in total. The van der Waals surface area contributed by atoms with E-state index in [1.807, 2.05) is 13.0 Å². The molecule has 0 bridgehead atoms. The smallest absolute Gasteiger partial charge is 0.161 e. The molecule has 0 aliphatic carbocycles. The van der Waals surface area contributed by atoms with Crippen LogP contribution >= 0.6 is 0 Å². The molecule has 4 heteroatoms. The first-order valence-electron chi connectivity index (χ1n) is 8.09. The summed E-state index contributed by atoms with van der Waals surface area (Å²) in [5.74, 6) is 1.71. The van der Waals surface area contributed by atoms with Gasteiger partial charge < -0.3 is 15.2 Å². The second kappa shape index (κ2) is 8.25. The molecule has 2 N–H and O–H groups in total. The van der Waals surface area contributed by atoms with E-state index in [2.05, 4.69) is 24.0 Å². The largest absolute Gasteiger partial charge is 0.490 e. The van der Waals surface area contributed by atoms with E-state index in [1.54, 1.807) is 0 Å². The van der Waals surface area contributed by atoms with Crippen molar-refractivity contribution >= 4 is 0 Å². The summed E-state index contributed by atoms with van der Waals surface area (Å²) < 4.78 is 11.5. The van der Waals surface area contributed by atoms with E-state index >= 15 is 0 Å². The van der Waals surface area contributed by atoms with Gasteiger partial charge in [-0.15, -0.1) is 0 Å². The highest BCUT2D eigenvalue weighted by Crippen LogP contribution is 2.29. The summed E-state index contributed by atoms with van der Waals surface area (Å²) in [5, 5.41) is 0. The monoisotopic (exact) mass is 292 g/mol. The van der Waals surface area contributed by atoms with E-state index in [0.717, 1.165) is 57.0 Å². The zero-order valence-electron chi connectivity index (χ0n) is 13.3. The Labute approximate surface area is 128 Å². The SMILES string of the molecule is CCCOc1ccc(CN2CCC(N)CC2)cc1OCC. The number of likely N-dealkylation sites (tertiary alicyclic amines) is 1. The van der Waals surface area contributed by atoms with Crippen LogP contribution in [0.3, 0.4) is 0 Å². The van der Waals surface area contributed by atoms with Gasteiger partial charge in [-0.05, 0) is 57.0 Å². The number of rotatable bonds is 7. The minimum atomic E-state index is 0.380. The summed E-state index contributed by atoms with van der Waals surface area (Å²) in [6.45, 7) is 8.62. The Bertz CT molecular complexity index is 429. The molecule has 0 amide bonds. The molecule has 21 heavy (non-hydrogen) atoms. The van der Waals surface area contributed by atoms with Crippen molar-refractivity contribution in [1.29, 1.82) is 0 Å². The van der Waals surface area contributed by atoms with Gasteiger partial charge in [-0.3, -0.25) is 4.90 Å². The average molecular weight is 292 g/mol. The Balaban J connectivity index is 2.01. The summed E-state index contributed by atoms with van der Waals surface area (Å²) in [5.41, 5.74) is 7.23. The standard InChI is InChI=1S/C17H28N2O2/c1-3-11-21-16-6-5-14(12-17(16)20-4-2)13-19-9-7-15(18)8-10-19/h5-6,12,15H,3-4,7-11,13,18H2,1-2H3. The Morgan fingerprint density at radius 1 is 1.14 bits per heavy atom. The highest BCUT2D eigenvalue weighted by Gasteiger charge is 2.16. The molecule has 1 aliphatic heterocycles. The molecule has 2 rings (SSSR count). The molecule has 0 unspecified atom stereocenters. The third-order valence-corrected chi connectivity index (χ3v) is 3.81. The van der Waals surface area contributed by atoms with E-state index in [-0.39, 0.29) is 0 Å². The number of piperidine rings is 1. The third kappa shape index (κ3) is 4.90. The summed E-state index contributed by atoms with van der Waals surface area (Å²) in [7, 11) is 0. The van der Waals surface area contributed by atoms with Crippen LogP contribution in [0, 0.1) is 0 Å². The maximum Gasteiger partial charge on any atom is 0.161 e. The molecule has 1 fully saturated rings. The quantitative estimate of drug-likeness (QED) is 0.839. The number of hydrogen-bond donors (Lipinski definition) is 1. The van der Waals surface area contributed by atoms with Crippen LogP contribution < -0.4 is 15.2 Å². The van der Waals surface area contributed by atoms with Crippen LogP contribution in [-0.2, 0) is 6.54 Å². The van der Waals surface area contributed by atoms with Gasteiger partial charge >= 0.3 is 0 Å². The Kier molecular flexibility index (Phi) is 6.33. The van der Waals surface area contributed by atoms with E-state index < -0.39 is 0 Å². The predicted octanol–water partition coefficient (Wildman–Crippen LogP) is 2.80. The molecule has 1 heterocycles. The molecule has 0 saturated carbocycles. The van der Waals surface area contributed by atoms with Gasteiger partial charge in [0, 0.05) is 12.6 Å². The molecule has 1 aromatic carbocycles. The van der Waals surface area contributed by atoms with E-state index in [0.29, 0.717) is 12.6 Å². The fraction of sp³-hybridized carbons (Fsp3) is 0.647. The molecule has 0 spiro atoms. The van der Waals surface area contributed by atoms with Crippen molar-refractivity contribution in [3.63, 3.8) is 0 Å². The van der Waals surface area contributed by atoms with Crippen LogP contribution in [0.4, 0.5) is 0 Å². The van der Waals surface area contributed by atoms with E-state index in [9.17, 15) is 0 Å². The van der Waals surface area contributed by atoms with Crippen molar-refractivity contribution in [2.75, 3.05) is 26.3 Å². The van der Waals surface area contributed by atoms with Crippen molar-refractivity contribution < 1.29 is 9.47 Å².